The Bertz CT molecular complexity index is 88.6. The number of hydrogen-bond donors (Lipinski definition) is 1. The molecule has 0 spiro atoms. The maximum absolute atomic E-state index is 10.0. The molecule has 0 aromatic heterocycles. The molecule has 1 aliphatic rings. The fourth-order valence-electron chi connectivity index (χ4n) is 0.292. The van der Waals surface area contributed by atoms with Gasteiger partial charge < -0.3 is 5.32 Å². The summed E-state index contributed by atoms with van der Waals surface area (Å²) in [5.41, 5.74) is 0. The van der Waals surface area contributed by atoms with Gasteiger partial charge in [-0.15, -0.1) is 0 Å². The van der Waals surface area contributed by atoms with E-state index in [4.69, 9.17) is 0 Å². The van der Waals surface area contributed by atoms with E-state index in [0.29, 0.717) is 6.54 Å². The SMILES string of the molecule is CC.O=C1CN=CN1. The second-order valence-corrected chi connectivity index (χ2v) is 1.04. The van der Waals surface area contributed by atoms with Crippen LogP contribution in [0.15, 0.2) is 4.99 Å². The van der Waals surface area contributed by atoms with Crippen molar-refractivity contribution in [3.8, 4) is 0 Å². The van der Waals surface area contributed by atoms with Crippen molar-refractivity contribution in [3.05, 3.63) is 0 Å². The summed E-state index contributed by atoms with van der Waals surface area (Å²) in [5, 5.41) is 2.39. The monoisotopic (exact) mass is 114 g/mol. The van der Waals surface area contributed by atoms with Gasteiger partial charge in [-0.05, 0) is 0 Å². The van der Waals surface area contributed by atoms with Crippen molar-refractivity contribution in [2.45, 2.75) is 13.8 Å². The number of aliphatic imine (C=N–C) groups is 1. The number of amides is 1. The topological polar surface area (TPSA) is 41.5 Å². The summed E-state index contributed by atoms with van der Waals surface area (Å²) < 4.78 is 0. The van der Waals surface area contributed by atoms with E-state index in [1.807, 2.05) is 13.8 Å². The molecule has 1 aliphatic heterocycles. The first-order valence-corrected chi connectivity index (χ1v) is 2.67. The Balaban J connectivity index is 0.000000222. The lowest BCUT2D eigenvalue weighted by atomic mass is 10.7. The van der Waals surface area contributed by atoms with Crippen LogP contribution in [0.2, 0.25) is 0 Å². The molecule has 1 rings (SSSR count). The Morgan fingerprint density at radius 2 is 2.38 bits per heavy atom. The average molecular weight is 114 g/mol. The molecule has 0 saturated heterocycles. The molecule has 0 aromatic rings. The molecular weight excluding hydrogens is 104 g/mol. The van der Waals surface area contributed by atoms with Crippen molar-refractivity contribution < 1.29 is 4.79 Å². The standard InChI is InChI=1S/C3H4N2O.C2H6/c6-3-1-4-2-5-3;1-2/h2H,1H2,(H,4,5,6);1-2H3. The Hall–Kier alpha value is -0.860. The van der Waals surface area contributed by atoms with Crippen molar-refractivity contribution in [2.75, 3.05) is 6.54 Å². The molecule has 1 amide bonds. The summed E-state index contributed by atoms with van der Waals surface area (Å²) in [7, 11) is 0. The van der Waals surface area contributed by atoms with E-state index in [9.17, 15) is 4.79 Å². The lowest BCUT2D eigenvalue weighted by Gasteiger charge is -1.76. The first-order valence-electron chi connectivity index (χ1n) is 2.67. The van der Waals surface area contributed by atoms with Gasteiger partial charge in [-0.2, -0.15) is 0 Å². The second kappa shape index (κ2) is 4.30. The van der Waals surface area contributed by atoms with Gasteiger partial charge in [0.15, 0.2) is 0 Å². The van der Waals surface area contributed by atoms with E-state index >= 15 is 0 Å². The maximum Gasteiger partial charge on any atom is 0.246 e. The summed E-state index contributed by atoms with van der Waals surface area (Å²) >= 11 is 0. The highest BCUT2D eigenvalue weighted by Crippen LogP contribution is 1.73. The first kappa shape index (κ1) is 7.14. The molecule has 0 aliphatic carbocycles. The van der Waals surface area contributed by atoms with E-state index in [0.717, 1.165) is 0 Å². The smallest absolute Gasteiger partial charge is 0.246 e. The molecule has 1 N–H and O–H groups in total. The van der Waals surface area contributed by atoms with Crippen LogP contribution in [-0.2, 0) is 4.79 Å². The van der Waals surface area contributed by atoms with Gasteiger partial charge in [-0.25, -0.2) is 0 Å². The summed E-state index contributed by atoms with van der Waals surface area (Å²) in [5.74, 6) is -0.0185. The predicted octanol–water partition coefficient (Wildman–Crippen LogP) is 0.171. The van der Waals surface area contributed by atoms with Crippen LogP contribution in [0.25, 0.3) is 0 Å². The van der Waals surface area contributed by atoms with Crippen molar-refractivity contribution in [1.82, 2.24) is 5.32 Å². The lowest BCUT2D eigenvalue weighted by Crippen LogP contribution is -2.15. The van der Waals surface area contributed by atoms with Crippen molar-refractivity contribution >= 4 is 12.2 Å². The normalized spacial score (nSPS) is 14.5. The van der Waals surface area contributed by atoms with Crippen molar-refractivity contribution in [2.24, 2.45) is 4.99 Å². The third-order valence-corrected chi connectivity index (χ3v) is 0.552. The maximum atomic E-state index is 10.0. The van der Waals surface area contributed by atoms with Crippen LogP contribution in [0.4, 0.5) is 0 Å². The van der Waals surface area contributed by atoms with E-state index < -0.39 is 0 Å². The highest BCUT2D eigenvalue weighted by molar-refractivity contribution is 5.93. The average Bonchev–Trinajstić information content (AvgIpc) is 2.24. The van der Waals surface area contributed by atoms with E-state index in [1.54, 1.807) is 0 Å². The molecular formula is C5H10N2O. The lowest BCUT2D eigenvalue weighted by molar-refractivity contribution is -0.117. The predicted molar refractivity (Wildman–Crippen MR) is 32.8 cm³/mol. The summed E-state index contributed by atoms with van der Waals surface area (Å²) in [6.45, 7) is 4.31. The quantitative estimate of drug-likeness (QED) is 0.479. The Labute approximate surface area is 48.8 Å². The number of hydrogen-bond acceptors (Lipinski definition) is 2. The minimum atomic E-state index is -0.0185. The summed E-state index contributed by atoms with van der Waals surface area (Å²) in [6.07, 6.45) is 1.41. The fourth-order valence-corrected chi connectivity index (χ4v) is 0.292. The van der Waals surface area contributed by atoms with E-state index in [-0.39, 0.29) is 5.91 Å². The molecule has 0 fully saturated rings. The highest BCUT2D eigenvalue weighted by atomic mass is 16.2. The number of rotatable bonds is 0. The molecule has 0 unspecified atom stereocenters. The molecule has 3 heteroatoms. The molecule has 0 bridgehead atoms. The number of carbonyl (C=O) groups excluding carboxylic acids is 1. The Kier molecular flexibility index (Phi) is 3.84. The minimum Gasteiger partial charge on any atom is -0.316 e. The zero-order valence-corrected chi connectivity index (χ0v) is 5.14. The molecule has 8 heavy (non-hydrogen) atoms. The summed E-state index contributed by atoms with van der Waals surface area (Å²) in [6, 6.07) is 0. The zero-order valence-electron chi connectivity index (χ0n) is 5.14. The fraction of sp³-hybridized carbons (Fsp3) is 0.600. The van der Waals surface area contributed by atoms with Crippen LogP contribution < -0.4 is 5.32 Å². The Morgan fingerprint density at radius 1 is 1.75 bits per heavy atom. The van der Waals surface area contributed by atoms with Gasteiger partial charge in [0.1, 0.15) is 6.54 Å². The van der Waals surface area contributed by atoms with Crippen LogP contribution in [-0.4, -0.2) is 18.8 Å². The van der Waals surface area contributed by atoms with Gasteiger partial charge in [0.2, 0.25) is 5.91 Å². The van der Waals surface area contributed by atoms with Gasteiger partial charge in [0.25, 0.3) is 0 Å². The van der Waals surface area contributed by atoms with Gasteiger partial charge in [0, 0.05) is 0 Å². The van der Waals surface area contributed by atoms with E-state index in [1.165, 1.54) is 6.34 Å². The molecule has 1 heterocycles. The number of carbonyl (C=O) groups is 1. The molecule has 3 nitrogen and oxygen atoms in total. The van der Waals surface area contributed by atoms with Gasteiger partial charge in [-0.1, -0.05) is 13.8 Å². The largest absolute Gasteiger partial charge is 0.316 e. The van der Waals surface area contributed by atoms with Crippen molar-refractivity contribution in [3.63, 3.8) is 0 Å². The molecule has 46 valence electrons. The highest BCUT2D eigenvalue weighted by Gasteiger charge is 1.98. The minimum absolute atomic E-state index is 0.0185. The van der Waals surface area contributed by atoms with Crippen LogP contribution >= 0.6 is 0 Å². The van der Waals surface area contributed by atoms with E-state index in [2.05, 4.69) is 10.3 Å². The van der Waals surface area contributed by atoms with Gasteiger partial charge >= 0.3 is 0 Å². The van der Waals surface area contributed by atoms with Crippen LogP contribution in [0.5, 0.6) is 0 Å². The molecule has 0 radical (unpaired) electrons. The molecule has 0 atom stereocenters. The Morgan fingerprint density at radius 3 is 2.50 bits per heavy atom. The third-order valence-electron chi connectivity index (χ3n) is 0.552. The molecule has 0 saturated carbocycles. The van der Waals surface area contributed by atoms with Crippen molar-refractivity contribution in [1.29, 1.82) is 0 Å². The van der Waals surface area contributed by atoms with Gasteiger partial charge in [0.05, 0.1) is 6.34 Å². The summed E-state index contributed by atoms with van der Waals surface area (Å²) in [4.78, 5) is 13.6. The third kappa shape index (κ3) is 2.34. The second-order valence-electron chi connectivity index (χ2n) is 1.04. The zero-order chi connectivity index (χ0) is 6.41. The van der Waals surface area contributed by atoms with Gasteiger partial charge in [-0.3, -0.25) is 9.79 Å². The van der Waals surface area contributed by atoms with Crippen LogP contribution in [0.3, 0.4) is 0 Å². The molecule has 0 aromatic carbocycles. The first-order chi connectivity index (χ1) is 3.89. The number of nitrogens with zero attached hydrogens (tertiary/aromatic N) is 1. The number of nitrogens with one attached hydrogen (secondary N) is 1. The van der Waals surface area contributed by atoms with Crippen LogP contribution in [0, 0.1) is 0 Å². The van der Waals surface area contributed by atoms with Crippen LogP contribution in [0.1, 0.15) is 13.8 Å².